The predicted molar refractivity (Wildman–Crippen MR) is 86.3 cm³/mol. The molecule has 0 saturated carbocycles. The van der Waals surface area contributed by atoms with Gasteiger partial charge in [-0.1, -0.05) is 30.3 Å². The number of carbonyl (C=O) groups excluding carboxylic acids is 2. The van der Waals surface area contributed by atoms with Crippen molar-refractivity contribution in [2.45, 2.75) is 25.8 Å². The van der Waals surface area contributed by atoms with E-state index in [4.69, 9.17) is 0 Å². The van der Waals surface area contributed by atoms with Crippen molar-refractivity contribution in [1.29, 1.82) is 0 Å². The Labute approximate surface area is 132 Å². The number of likely N-dealkylation sites (N-methyl/N-ethyl adjacent to an activating group) is 1. The fourth-order valence-electron chi connectivity index (χ4n) is 2.78. The summed E-state index contributed by atoms with van der Waals surface area (Å²) in [5.74, 6) is -0.00449. The summed E-state index contributed by atoms with van der Waals surface area (Å²) < 4.78 is 0. The minimum Gasteiger partial charge on any atom is -0.349 e. The van der Waals surface area contributed by atoms with Gasteiger partial charge in [-0.15, -0.1) is 0 Å². The fourth-order valence-corrected chi connectivity index (χ4v) is 2.78. The Morgan fingerprint density at radius 3 is 2.55 bits per heavy atom. The second kappa shape index (κ2) is 7.94. The average molecular weight is 303 g/mol. The van der Waals surface area contributed by atoms with Gasteiger partial charge in [-0.25, -0.2) is 0 Å². The zero-order valence-electron chi connectivity index (χ0n) is 13.4. The van der Waals surface area contributed by atoms with Gasteiger partial charge in [-0.2, -0.15) is 0 Å². The maximum Gasteiger partial charge on any atom is 0.225 e. The quantitative estimate of drug-likeness (QED) is 0.915. The number of hydrogen-bond acceptors (Lipinski definition) is 3. The zero-order chi connectivity index (χ0) is 15.9. The molecule has 5 heteroatoms. The van der Waals surface area contributed by atoms with Crippen molar-refractivity contribution in [2.75, 3.05) is 33.2 Å². The van der Waals surface area contributed by atoms with E-state index in [0.717, 1.165) is 38.2 Å². The molecule has 1 fully saturated rings. The van der Waals surface area contributed by atoms with E-state index >= 15 is 0 Å². The molecule has 1 aromatic rings. The molecule has 1 aliphatic rings. The number of nitrogens with zero attached hydrogens (tertiary/aromatic N) is 2. The average Bonchev–Trinajstić information content (AvgIpc) is 2.72. The topological polar surface area (TPSA) is 52.7 Å². The molecule has 0 spiro atoms. The molecule has 5 nitrogen and oxygen atoms in total. The summed E-state index contributed by atoms with van der Waals surface area (Å²) in [5, 5.41) is 2.89. The normalized spacial score (nSPS) is 17.6. The molecule has 120 valence electrons. The summed E-state index contributed by atoms with van der Waals surface area (Å²) in [6, 6.07) is 9.42. The van der Waals surface area contributed by atoms with Crippen molar-refractivity contribution >= 4 is 11.8 Å². The predicted octanol–water partition coefficient (Wildman–Crippen LogP) is 1.42. The Kier molecular flexibility index (Phi) is 5.95. The lowest BCUT2D eigenvalue weighted by Gasteiger charge is -2.24. The van der Waals surface area contributed by atoms with Gasteiger partial charge in [0, 0.05) is 26.6 Å². The maximum atomic E-state index is 12.6. The Hall–Kier alpha value is -1.88. The molecular weight excluding hydrogens is 278 g/mol. The van der Waals surface area contributed by atoms with Crippen LogP contribution in [-0.4, -0.2) is 54.8 Å². The summed E-state index contributed by atoms with van der Waals surface area (Å²) in [5.41, 5.74) is 0.970. The van der Waals surface area contributed by atoms with Crippen LogP contribution in [0.3, 0.4) is 0 Å². The van der Waals surface area contributed by atoms with Gasteiger partial charge in [0.15, 0.2) is 0 Å². The van der Waals surface area contributed by atoms with Gasteiger partial charge in [0.25, 0.3) is 0 Å². The van der Waals surface area contributed by atoms with Crippen LogP contribution in [0, 0.1) is 0 Å². The molecule has 1 heterocycles. The highest BCUT2D eigenvalue weighted by Crippen LogP contribution is 2.18. The molecule has 1 aromatic carbocycles. The monoisotopic (exact) mass is 303 g/mol. The van der Waals surface area contributed by atoms with Gasteiger partial charge in [-0.05, 0) is 25.6 Å². The molecule has 0 unspecified atom stereocenters. The summed E-state index contributed by atoms with van der Waals surface area (Å²) in [6.07, 6.45) is 1.31. The molecule has 0 radical (unpaired) electrons. The Balaban J connectivity index is 2.03. The van der Waals surface area contributed by atoms with Gasteiger partial charge in [0.2, 0.25) is 11.8 Å². The lowest BCUT2D eigenvalue weighted by molar-refractivity contribution is -0.131. The lowest BCUT2D eigenvalue weighted by atomic mass is 10.0. The first kappa shape index (κ1) is 16.5. The number of amides is 2. The highest BCUT2D eigenvalue weighted by molar-refractivity contribution is 5.79. The third-order valence-corrected chi connectivity index (χ3v) is 4.03. The summed E-state index contributed by atoms with van der Waals surface area (Å²) in [6.45, 7) is 4.97. The lowest BCUT2D eigenvalue weighted by Crippen LogP contribution is -2.37. The first-order chi connectivity index (χ1) is 10.6. The minimum atomic E-state index is -0.257. The van der Waals surface area contributed by atoms with Crippen molar-refractivity contribution in [3.05, 3.63) is 35.9 Å². The SMILES string of the molecule is CC(=O)N[C@H](CC(=O)N1CCCN(C)CC1)c1ccccc1. The first-order valence-corrected chi connectivity index (χ1v) is 7.84. The van der Waals surface area contributed by atoms with Crippen LogP contribution in [0.25, 0.3) is 0 Å². The van der Waals surface area contributed by atoms with Crippen molar-refractivity contribution in [1.82, 2.24) is 15.1 Å². The van der Waals surface area contributed by atoms with E-state index in [1.807, 2.05) is 35.2 Å². The van der Waals surface area contributed by atoms with Crippen molar-refractivity contribution in [3.8, 4) is 0 Å². The van der Waals surface area contributed by atoms with Crippen molar-refractivity contribution < 1.29 is 9.59 Å². The second-order valence-electron chi connectivity index (χ2n) is 5.91. The van der Waals surface area contributed by atoms with Crippen molar-refractivity contribution in [3.63, 3.8) is 0 Å². The smallest absolute Gasteiger partial charge is 0.225 e. The van der Waals surface area contributed by atoms with Gasteiger partial charge in [0.1, 0.15) is 0 Å². The van der Waals surface area contributed by atoms with Gasteiger partial charge in [0.05, 0.1) is 12.5 Å². The summed E-state index contributed by atoms with van der Waals surface area (Å²) in [7, 11) is 2.08. The number of rotatable bonds is 4. The highest BCUT2D eigenvalue weighted by atomic mass is 16.2. The van der Waals surface area contributed by atoms with E-state index in [9.17, 15) is 9.59 Å². The van der Waals surface area contributed by atoms with Crippen LogP contribution in [0.15, 0.2) is 30.3 Å². The van der Waals surface area contributed by atoms with Crippen LogP contribution >= 0.6 is 0 Å². The molecule has 1 aliphatic heterocycles. The molecule has 2 rings (SSSR count). The molecule has 0 bridgehead atoms. The standard InChI is InChI=1S/C17H25N3O2/c1-14(21)18-16(15-7-4-3-5-8-15)13-17(22)20-10-6-9-19(2)11-12-20/h3-5,7-8,16H,6,9-13H2,1-2H3,(H,18,21)/t16-/m1/s1. The van der Waals surface area contributed by atoms with Crippen LogP contribution in [0.1, 0.15) is 31.4 Å². The largest absolute Gasteiger partial charge is 0.349 e. The number of nitrogens with one attached hydrogen (secondary N) is 1. The maximum absolute atomic E-state index is 12.6. The summed E-state index contributed by atoms with van der Waals surface area (Å²) in [4.78, 5) is 28.2. The van der Waals surface area contributed by atoms with E-state index < -0.39 is 0 Å². The molecule has 2 amide bonds. The van der Waals surface area contributed by atoms with E-state index in [1.165, 1.54) is 6.92 Å². The van der Waals surface area contributed by atoms with Gasteiger partial charge in [-0.3, -0.25) is 9.59 Å². The van der Waals surface area contributed by atoms with E-state index in [2.05, 4.69) is 17.3 Å². The number of benzene rings is 1. The van der Waals surface area contributed by atoms with Crippen LogP contribution < -0.4 is 5.32 Å². The highest BCUT2D eigenvalue weighted by Gasteiger charge is 2.22. The fraction of sp³-hybridized carbons (Fsp3) is 0.529. The Morgan fingerprint density at radius 2 is 1.86 bits per heavy atom. The third-order valence-electron chi connectivity index (χ3n) is 4.03. The molecule has 22 heavy (non-hydrogen) atoms. The van der Waals surface area contributed by atoms with Crippen LogP contribution in [-0.2, 0) is 9.59 Å². The van der Waals surface area contributed by atoms with Crippen LogP contribution in [0.5, 0.6) is 0 Å². The minimum absolute atomic E-state index is 0.109. The molecule has 1 N–H and O–H groups in total. The van der Waals surface area contributed by atoms with E-state index in [0.29, 0.717) is 6.42 Å². The molecule has 1 atom stereocenters. The molecule has 1 saturated heterocycles. The summed E-state index contributed by atoms with van der Waals surface area (Å²) >= 11 is 0. The molecule has 0 aromatic heterocycles. The van der Waals surface area contributed by atoms with Crippen LogP contribution in [0.4, 0.5) is 0 Å². The number of carbonyl (C=O) groups is 2. The third kappa shape index (κ3) is 4.84. The van der Waals surface area contributed by atoms with Gasteiger partial charge < -0.3 is 15.1 Å². The Morgan fingerprint density at radius 1 is 1.14 bits per heavy atom. The first-order valence-electron chi connectivity index (χ1n) is 7.84. The van der Waals surface area contributed by atoms with Crippen molar-refractivity contribution in [2.24, 2.45) is 0 Å². The Bertz CT molecular complexity index is 504. The van der Waals surface area contributed by atoms with E-state index in [1.54, 1.807) is 0 Å². The second-order valence-corrected chi connectivity index (χ2v) is 5.91. The van der Waals surface area contributed by atoms with E-state index in [-0.39, 0.29) is 17.9 Å². The molecular formula is C17H25N3O2. The number of hydrogen-bond donors (Lipinski definition) is 1. The zero-order valence-corrected chi connectivity index (χ0v) is 13.4. The van der Waals surface area contributed by atoms with Gasteiger partial charge >= 0.3 is 0 Å². The molecule has 0 aliphatic carbocycles. The van der Waals surface area contributed by atoms with Crippen LogP contribution in [0.2, 0.25) is 0 Å².